The van der Waals surface area contributed by atoms with Gasteiger partial charge in [0.25, 0.3) is 0 Å². The van der Waals surface area contributed by atoms with Crippen LogP contribution in [0.5, 0.6) is 0 Å². The first-order valence-corrected chi connectivity index (χ1v) is 7.81. The quantitative estimate of drug-likeness (QED) is 0.888. The monoisotopic (exact) mass is 294 g/mol. The fourth-order valence-electron chi connectivity index (χ4n) is 3.13. The van der Waals surface area contributed by atoms with Crippen molar-refractivity contribution in [3.63, 3.8) is 0 Å². The van der Waals surface area contributed by atoms with Crippen molar-refractivity contribution in [2.75, 3.05) is 26.7 Å². The highest BCUT2D eigenvalue weighted by Gasteiger charge is 2.37. The Morgan fingerprint density at radius 2 is 1.55 bits per heavy atom. The average Bonchev–Trinajstić information content (AvgIpc) is 2.52. The molecule has 0 aliphatic carbocycles. The molecule has 0 saturated carbocycles. The Morgan fingerprint density at radius 3 is 2.00 bits per heavy atom. The van der Waals surface area contributed by atoms with Gasteiger partial charge < -0.3 is 5.32 Å². The number of carbonyl (C=O) groups is 1. The molecule has 2 aromatic rings. The molecule has 3 heteroatoms. The van der Waals surface area contributed by atoms with E-state index >= 15 is 0 Å². The van der Waals surface area contributed by atoms with Gasteiger partial charge in [0.05, 0.1) is 12.6 Å². The molecule has 1 fully saturated rings. The molecule has 1 aliphatic heterocycles. The summed E-state index contributed by atoms with van der Waals surface area (Å²) in [6, 6.07) is 21.3. The van der Waals surface area contributed by atoms with Crippen LogP contribution in [0.1, 0.15) is 17.2 Å². The summed E-state index contributed by atoms with van der Waals surface area (Å²) in [5, 5.41) is 2.96. The van der Waals surface area contributed by atoms with Crippen molar-refractivity contribution in [3.05, 3.63) is 71.8 Å². The van der Waals surface area contributed by atoms with Gasteiger partial charge >= 0.3 is 0 Å². The number of likely N-dealkylation sites (tertiary alicyclic amines) is 1. The van der Waals surface area contributed by atoms with Crippen LogP contribution in [0.4, 0.5) is 0 Å². The average molecular weight is 294 g/mol. The lowest BCUT2D eigenvalue weighted by Crippen LogP contribution is -2.53. The summed E-state index contributed by atoms with van der Waals surface area (Å²) in [5.74, 6) is 0.487. The lowest BCUT2D eigenvalue weighted by atomic mass is 9.88. The fraction of sp³-hybridized carbons (Fsp3) is 0.316. The number of carbonyl (C=O) groups excluding carboxylic acids is 1. The molecule has 1 N–H and O–H groups in total. The Morgan fingerprint density at radius 1 is 1.05 bits per heavy atom. The van der Waals surface area contributed by atoms with Gasteiger partial charge in [0.15, 0.2) is 5.78 Å². The van der Waals surface area contributed by atoms with E-state index in [9.17, 15) is 4.79 Å². The zero-order valence-corrected chi connectivity index (χ0v) is 12.9. The molecule has 2 aromatic carbocycles. The van der Waals surface area contributed by atoms with E-state index in [0.29, 0.717) is 12.3 Å². The van der Waals surface area contributed by atoms with Crippen molar-refractivity contribution in [1.29, 1.82) is 0 Å². The third-order valence-electron chi connectivity index (χ3n) is 4.31. The van der Waals surface area contributed by atoms with Gasteiger partial charge in [-0.25, -0.2) is 0 Å². The minimum atomic E-state index is 0.169. The summed E-state index contributed by atoms with van der Waals surface area (Å²) in [5.41, 5.74) is 2.57. The normalized spacial score (nSPS) is 15.7. The van der Waals surface area contributed by atoms with E-state index < -0.39 is 0 Å². The second-order valence-corrected chi connectivity index (χ2v) is 5.87. The van der Waals surface area contributed by atoms with Gasteiger partial charge in [-0.3, -0.25) is 9.69 Å². The van der Waals surface area contributed by atoms with Crippen molar-refractivity contribution < 1.29 is 4.79 Å². The molecule has 1 heterocycles. The Hall–Kier alpha value is -1.97. The van der Waals surface area contributed by atoms with Crippen LogP contribution in [0.25, 0.3) is 0 Å². The summed E-state index contributed by atoms with van der Waals surface area (Å²) >= 11 is 0. The molecule has 0 amide bonds. The summed E-state index contributed by atoms with van der Waals surface area (Å²) in [4.78, 5) is 14.4. The maximum atomic E-state index is 12.0. The number of nitrogens with one attached hydrogen (secondary N) is 1. The second-order valence-electron chi connectivity index (χ2n) is 5.87. The van der Waals surface area contributed by atoms with E-state index in [4.69, 9.17) is 0 Å². The number of Topliss-reactive ketones (excluding diaryl/α,β-unsaturated/α-hetero) is 1. The summed E-state index contributed by atoms with van der Waals surface area (Å²) < 4.78 is 0. The topological polar surface area (TPSA) is 32.3 Å². The number of nitrogens with zero attached hydrogens (tertiary/aromatic N) is 1. The SMILES string of the molecule is CNCC(=O)C1CN(C(c2ccccc2)c2ccccc2)C1. The third-order valence-corrected chi connectivity index (χ3v) is 4.31. The zero-order chi connectivity index (χ0) is 15.4. The maximum absolute atomic E-state index is 12.0. The van der Waals surface area contributed by atoms with E-state index in [1.807, 2.05) is 19.2 Å². The minimum Gasteiger partial charge on any atom is -0.313 e. The van der Waals surface area contributed by atoms with E-state index in [1.165, 1.54) is 11.1 Å². The van der Waals surface area contributed by atoms with Gasteiger partial charge in [0, 0.05) is 19.0 Å². The van der Waals surface area contributed by atoms with Crippen LogP contribution in [0.2, 0.25) is 0 Å². The first kappa shape index (κ1) is 14.9. The van der Waals surface area contributed by atoms with Crippen molar-refractivity contribution in [2.24, 2.45) is 5.92 Å². The van der Waals surface area contributed by atoms with Crippen LogP contribution < -0.4 is 5.32 Å². The molecule has 0 aromatic heterocycles. The molecule has 0 unspecified atom stereocenters. The standard InChI is InChI=1S/C19H22N2O/c1-20-12-18(22)17-13-21(14-17)19(15-8-4-2-5-9-15)16-10-6-3-7-11-16/h2-11,17,19-20H,12-14H2,1H3. The Labute approximate surface area is 132 Å². The number of ketones is 1. The predicted octanol–water partition coefficient (Wildman–Crippen LogP) is 2.50. The molecule has 3 nitrogen and oxygen atoms in total. The van der Waals surface area contributed by atoms with Crippen LogP contribution in [-0.4, -0.2) is 37.4 Å². The van der Waals surface area contributed by atoms with Crippen molar-refractivity contribution in [3.8, 4) is 0 Å². The minimum absolute atomic E-state index is 0.169. The van der Waals surface area contributed by atoms with Crippen LogP contribution in [0.15, 0.2) is 60.7 Å². The highest BCUT2D eigenvalue weighted by Crippen LogP contribution is 2.34. The van der Waals surface area contributed by atoms with Crippen molar-refractivity contribution >= 4 is 5.78 Å². The fourth-order valence-corrected chi connectivity index (χ4v) is 3.13. The van der Waals surface area contributed by atoms with Gasteiger partial charge in [-0.2, -0.15) is 0 Å². The molecule has 3 rings (SSSR count). The Kier molecular flexibility index (Phi) is 4.66. The van der Waals surface area contributed by atoms with E-state index in [1.54, 1.807) is 0 Å². The van der Waals surface area contributed by atoms with Gasteiger partial charge in [-0.1, -0.05) is 60.7 Å². The molecule has 0 bridgehead atoms. The number of benzene rings is 2. The summed E-state index contributed by atoms with van der Waals surface area (Å²) in [7, 11) is 1.82. The molecule has 114 valence electrons. The number of likely N-dealkylation sites (N-methyl/N-ethyl adjacent to an activating group) is 1. The number of hydrogen-bond donors (Lipinski definition) is 1. The Balaban J connectivity index is 1.79. The summed E-state index contributed by atoms with van der Waals surface area (Å²) in [6.07, 6.45) is 0. The number of hydrogen-bond acceptors (Lipinski definition) is 3. The first-order chi connectivity index (χ1) is 10.8. The molecule has 1 saturated heterocycles. The molecule has 22 heavy (non-hydrogen) atoms. The molecule has 0 spiro atoms. The Bertz CT molecular complexity index is 566. The van der Waals surface area contributed by atoms with E-state index in [2.05, 4.69) is 58.7 Å². The van der Waals surface area contributed by atoms with Crippen LogP contribution in [-0.2, 0) is 4.79 Å². The highest BCUT2D eigenvalue weighted by atomic mass is 16.1. The lowest BCUT2D eigenvalue weighted by molar-refractivity contribution is -0.127. The van der Waals surface area contributed by atoms with Crippen molar-refractivity contribution in [1.82, 2.24) is 10.2 Å². The molecule has 0 atom stereocenters. The summed E-state index contributed by atoms with van der Waals surface area (Å²) in [6.45, 7) is 2.16. The van der Waals surface area contributed by atoms with Gasteiger partial charge in [-0.05, 0) is 18.2 Å². The largest absolute Gasteiger partial charge is 0.313 e. The van der Waals surface area contributed by atoms with Crippen LogP contribution in [0.3, 0.4) is 0 Å². The third kappa shape index (κ3) is 3.11. The maximum Gasteiger partial charge on any atom is 0.152 e. The molecular weight excluding hydrogens is 272 g/mol. The second kappa shape index (κ2) is 6.86. The lowest BCUT2D eigenvalue weighted by Gasteiger charge is -2.44. The number of rotatable bonds is 6. The van der Waals surface area contributed by atoms with Gasteiger partial charge in [-0.15, -0.1) is 0 Å². The molecule has 0 radical (unpaired) electrons. The van der Waals surface area contributed by atoms with Gasteiger partial charge in [0.1, 0.15) is 0 Å². The van der Waals surface area contributed by atoms with Crippen LogP contribution >= 0.6 is 0 Å². The molecule has 1 aliphatic rings. The van der Waals surface area contributed by atoms with Crippen molar-refractivity contribution in [2.45, 2.75) is 6.04 Å². The van der Waals surface area contributed by atoms with Crippen LogP contribution in [0, 0.1) is 5.92 Å². The van der Waals surface area contributed by atoms with Gasteiger partial charge in [0.2, 0.25) is 0 Å². The zero-order valence-electron chi connectivity index (χ0n) is 12.9. The molecular formula is C19H22N2O. The predicted molar refractivity (Wildman–Crippen MR) is 88.7 cm³/mol. The first-order valence-electron chi connectivity index (χ1n) is 7.81. The van der Waals surface area contributed by atoms with E-state index in [0.717, 1.165) is 13.1 Å². The smallest absolute Gasteiger partial charge is 0.152 e. The van der Waals surface area contributed by atoms with E-state index in [-0.39, 0.29) is 12.0 Å². The highest BCUT2D eigenvalue weighted by molar-refractivity contribution is 5.84.